The summed E-state index contributed by atoms with van der Waals surface area (Å²) in [6, 6.07) is 8.18. The maximum Gasteiger partial charge on any atom is 0.345 e. The second-order valence-electron chi connectivity index (χ2n) is 3.37. The molecule has 1 aromatic carbocycles. The maximum atomic E-state index is 11.9. The predicted octanol–water partition coefficient (Wildman–Crippen LogP) is 2.18. The summed E-state index contributed by atoms with van der Waals surface area (Å²) >= 11 is 0.752. The van der Waals surface area contributed by atoms with Crippen LogP contribution < -0.4 is 5.32 Å². The molecule has 0 bridgehead atoms. The third-order valence-corrected chi connectivity index (χ3v) is 3.05. The van der Waals surface area contributed by atoms with Crippen LogP contribution in [0.2, 0.25) is 0 Å². The number of benzene rings is 1. The van der Waals surface area contributed by atoms with E-state index in [1.54, 1.807) is 12.1 Å². The molecule has 0 aliphatic rings. The van der Waals surface area contributed by atoms with E-state index in [1.807, 2.05) is 6.07 Å². The van der Waals surface area contributed by atoms with Crippen molar-refractivity contribution in [3.63, 3.8) is 0 Å². The second kappa shape index (κ2) is 5.24. The smallest absolute Gasteiger partial charge is 0.298 e. The third kappa shape index (κ3) is 2.72. The molecular weight excluding hydrogens is 268 g/mol. The van der Waals surface area contributed by atoms with Gasteiger partial charge in [0.05, 0.1) is 22.1 Å². The summed E-state index contributed by atoms with van der Waals surface area (Å²) in [4.78, 5) is 25.5. The van der Waals surface area contributed by atoms with Crippen molar-refractivity contribution in [3.8, 4) is 6.07 Å². The highest BCUT2D eigenvalue weighted by Gasteiger charge is 2.16. The van der Waals surface area contributed by atoms with Gasteiger partial charge in [0.15, 0.2) is 5.13 Å². The minimum Gasteiger partial charge on any atom is -0.298 e. The molecule has 94 valence electrons. The number of hydrogen-bond acceptors (Lipinski definition) is 6. The zero-order valence-corrected chi connectivity index (χ0v) is 10.2. The van der Waals surface area contributed by atoms with Crippen LogP contribution in [0.5, 0.6) is 0 Å². The van der Waals surface area contributed by atoms with E-state index in [4.69, 9.17) is 5.26 Å². The molecule has 19 heavy (non-hydrogen) atoms. The summed E-state index contributed by atoms with van der Waals surface area (Å²) in [5.74, 6) is -0.526. The molecule has 1 amide bonds. The summed E-state index contributed by atoms with van der Waals surface area (Å²) in [6.45, 7) is 0. The number of hydrogen-bond donors (Lipinski definition) is 1. The number of nitrogens with one attached hydrogen (secondary N) is 1. The molecule has 0 unspecified atom stereocenters. The molecule has 0 aliphatic carbocycles. The highest BCUT2D eigenvalue weighted by atomic mass is 32.1. The van der Waals surface area contributed by atoms with Crippen LogP contribution in [0.3, 0.4) is 0 Å². The van der Waals surface area contributed by atoms with Crippen molar-refractivity contribution in [3.05, 3.63) is 51.7 Å². The van der Waals surface area contributed by atoms with E-state index in [2.05, 4.69) is 10.3 Å². The average molecular weight is 274 g/mol. The number of nitrogens with zero attached hydrogens (tertiary/aromatic N) is 3. The third-order valence-electron chi connectivity index (χ3n) is 2.19. The van der Waals surface area contributed by atoms with Crippen molar-refractivity contribution in [1.82, 2.24) is 4.98 Å². The van der Waals surface area contributed by atoms with Crippen LogP contribution in [0.1, 0.15) is 15.9 Å². The number of thiazole rings is 1. The molecule has 8 heteroatoms. The molecule has 1 aromatic heterocycles. The van der Waals surface area contributed by atoms with Crippen LogP contribution >= 0.6 is 11.3 Å². The van der Waals surface area contributed by atoms with E-state index in [1.165, 1.54) is 12.1 Å². The number of carbonyl (C=O) groups excluding carboxylic acids is 1. The lowest BCUT2D eigenvalue weighted by Crippen LogP contribution is -2.13. The van der Waals surface area contributed by atoms with Crippen molar-refractivity contribution in [2.75, 3.05) is 5.32 Å². The number of rotatable bonds is 3. The fourth-order valence-corrected chi connectivity index (χ4v) is 1.98. The topological polar surface area (TPSA) is 109 Å². The first kappa shape index (κ1) is 12.7. The molecule has 0 saturated carbocycles. The summed E-state index contributed by atoms with van der Waals surface area (Å²) in [6.07, 6.45) is 1.07. The van der Waals surface area contributed by atoms with Crippen LogP contribution in [0, 0.1) is 21.4 Å². The van der Waals surface area contributed by atoms with Gasteiger partial charge in [0.25, 0.3) is 5.91 Å². The van der Waals surface area contributed by atoms with Crippen molar-refractivity contribution < 1.29 is 9.72 Å². The number of carbonyl (C=O) groups is 1. The van der Waals surface area contributed by atoms with Crippen LogP contribution in [-0.2, 0) is 0 Å². The van der Waals surface area contributed by atoms with E-state index < -0.39 is 10.8 Å². The van der Waals surface area contributed by atoms with Gasteiger partial charge in [-0.05, 0) is 23.5 Å². The number of anilines is 1. The first-order valence-corrected chi connectivity index (χ1v) is 5.84. The van der Waals surface area contributed by atoms with Gasteiger partial charge in [-0.2, -0.15) is 5.26 Å². The first-order valence-electron chi connectivity index (χ1n) is 5.02. The molecule has 1 heterocycles. The average Bonchev–Trinajstić information content (AvgIpc) is 2.87. The molecular formula is C11H6N4O3S. The Bertz CT molecular complexity index is 689. The van der Waals surface area contributed by atoms with E-state index in [0.717, 1.165) is 17.5 Å². The number of nitro groups is 1. The van der Waals surface area contributed by atoms with Gasteiger partial charge in [-0.3, -0.25) is 20.2 Å². The highest BCUT2D eigenvalue weighted by molar-refractivity contribution is 7.18. The molecule has 0 aliphatic heterocycles. The number of aromatic nitrogens is 1. The van der Waals surface area contributed by atoms with Gasteiger partial charge in [0, 0.05) is 0 Å². The van der Waals surface area contributed by atoms with Gasteiger partial charge in [-0.15, -0.1) is 0 Å². The number of nitriles is 1. The molecule has 0 atom stereocenters. The quantitative estimate of drug-likeness (QED) is 0.681. The second-order valence-corrected chi connectivity index (χ2v) is 4.38. The molecule has 1 N–H and O–H groups in total. The summed E-state index contributed by atoms with van der Waals surface area (Å²) in [5.41, 5.74) is 0.425. The van der Waals surface area contributed by atoms with Crippen LogP contribution in [0.4, 0.5) is 10.1 Å². The highest BCUT2D eigenvalue weighted by Crippen LogP contribution is 2.25. The molecule has 0 spiro atoms. The van der Waals surface area contributed by atoms with E-state index in [-0.39, 0.29) is 21.3 Å². The standard InChI is InChI=1S/C11H6N4O3S/c12-5-7-3-1-2-4-8(7)10(16)14-11-13-6-9(19-11)15(17)18/h1-4,6H,(H,13,14,16). The van der Waals surface area contributed by atoms with E-state index >= 15 is 0 Å². The Morgan fingerprint density at radius 1 is 1.47 bits per heavy atom. The molecule has 0 radical (unpaired) electrons. The lowest BCUT2D eigenvalue weighted by Gasteiger charge is -2.02. The Balaban J connectivity index is 2.21. The van der Waals surface area contributed by atoms with Crippen molar-refractivity contribution in [2.24, 2.45) is 0 Å². The van der Waals surface area contributed by atoms with Crippen LogP contribution in [-0.4, -0.2) is 15.8 Å². The van der Waals surface area contributed by atoms with Gasteiger partial charge in [-0.1, -0.05) is 12.1 Å². The molecule has 7 nitrogen and oxygen atoms in total. The Morgan fingerprint density at radius 3 is 2.84 bits per heavy atom. The summed E-state index contributed by atoms with van der Waals surface area (Å²) < 4.78 is 0. The Morgan fingerprint density at radius 2 is 2.21 bits per heavy atom. The van der Waals surface area contributed by atoms with Crippen molar-refractivity contribution >= 4 is 27.4 Å². The fourth-order valence-electron chi connectivity index (χ4n) is 1.35. The predicted molar refractivity (Wildman–Crippen MR) is 67.9 cm³/mol. The zero-order valence-electron chi connectivity index (χ0n) is 9.36. The van der Waals surface area contributed by atoms with Gasteiger partial charge in [-0.25, -0.2) is 4.98 Å². The Labute approximate surface area is 111 Å². The van der Waals surface area contributed by atoms with Gasteiger partial charge in [0.2, 0.25) is 0 Å². The minimum absolute atomic E-state index is 0.115. The van der Waals surface area contributed by atoms with Crippen molar-refractivity contribution in [2.45, 2.75) is 0 Å². The van der Waals surface area contributed by atoms with Gasteiger partial charge >= 0.3 is 5.00 Å². The maximum absolute atomic E-state index is 11.9. The summed E-state index contributed by atoms with van der Waals surface area (Å²) in [5, 5.41) is 21.7. The summed E-state index contributed by atoms with van der Waals surface area (Å²) in [7, 11) is 0. The van der Waals surface area contributed by atoms with Crippen LogP contribution in [0.25, 0.3) is 0 Å². The van der Waals surface area contributed by atoms with Crippen molar-refractivity contribution in [1.29, 1.82) is 5.26 Å². The van der Waals surface area contributed by atoms with E-state index in [0.29, 0.717) is 0 Å². The lowest BCUT2D eigenvalue weighted by atomic mass is 10.1. The van der Waals surface area contributed by atoms with E-state index in [9.17, 15) is 14.9 Å². The zero-order chi connectivity index (χ0) is 13.8. The largest absolute Gasteiger partial charge is 0.345 e. The normalized spacial score (nSPS) is 9.63. The molecule has 0 saturated heterocycles. The minimum atomic E-state index is -0.587. The Hall–Kier alpha value is -2.79. The van der Waals surface area contributed by atoms with Gasteiger partial charge < -0.3 is 0 Å². The SMILES string of the molecule is N#Cc1ccccc1C(=O)Nc1ncc([N+](=O)[O-])s1. The molecule has 2 rings (SSSR count). The molecule has 2 aromatic rings. The van der Waals surface area contributed by atoms with Gasteiger partial charge in [0.1, 0.15) is 6.20 Å². The van der Waals surface area contributed by atoms with Crippen LogP contribution in [0.15, 0.2) is 30.5 Å². The fraction of sp³-hybridized carbons (Fsp3) is 0. The lowest BCUT2D eigenvalue weighted by molar-refractivity contribution is -0.380. The molecule has 0 fully saturated rings. The number of amides is 1. The first-order chi connectivity index (χ1) is 9.11. The Kier molecular flexibility index (Phi) is 3.49. The monoisotopic (exact) mass is 274 g/mol.